The number of carbonyl (C=O) groups is 1. The zero-order valence-corrected chi connectivity index (χ0v) is 17.7. The van der Waals surface area contributed by atoms with E-state index in [2.05, 4.69) is 43.3 Å². The summed E-state index contributed by atoms with van der Waals surface area (Å²) in [4.78, 5) is 30.6. The summed E-state index contributed by atoms with van der Waals surface area (Å²) in [5, 5.41) is 4.41. The van der Waals surface area contributed by atoms with E-state index < -0.39 is 0 Å². The summed E-state index contributed by atoms with van der Waals surface area (Å²) < 4.78 is 1.23. The van der Waals surface area contributed by atoms with Gasteiger partial charge in [-0.15, -0.1) is 0 Å². The molecule has 4 heterocycles. The molecule has 156 valence electrons. The van der Waals surface area contributed by atoms with E-state index in [1.807, 2.05) is 6.07 Å². The molecule has 0 aliphatic carbocycles. The molecule has 2 aliphatic rings. The van der Waals surface area contributed by atoms with Crippen molar-refractivity contribution in [3.05, 3.63) is 42.9 Å². The van der Waals surface area contributed by atoms with Gasteiger partial charge in [-0.05, 0) is 37.8 Å². The van der Waals surface area contributed by atoms with Gasteiger partial charge < -0.3 is 15.1 Å². The molecule has 2 aliphatic heterocycles. The molecular weight excluding hydrogens is 396 g/mol. The second-order valence-corrected chi connectivity index (χ2v) is 9.07. The summed E-state index contributed by atoms with van der Waals surface area (Å²) in [5.74, 6) is 1.21. The van der Waals surface area contributed by atoms with Gasteiger partial charge in [0.25, 0.3) is 0 Å². The molecule has 0 unspecified atom stereocenters. The SMILES string of the molecule is O=C(NC1CCN(c2nc3ccccc3s2)CC1)C1CCN(c2cnccn2)CC1. The standard InChI is InChI=1S/C22H26N6OS/c29-21(16-5-11-27(12-6-16)20-15-23-9-10-24-20)25-17-7-13-28(14-8-17)22-26-18-3-1-2-4-19(18)30-22/h1-4,9-10,15-17H,5-8,11-14H2,(H,25,29). The Morgan fingerprint density at radius 1 is 1.00 bits per heavy atom. The first kappa shape index (κ1) is 19.2. The number of fused-ring (bicyclic) bond motifs is 1. The van der Waals surface area contributed by atoms with Crippen LogP contribution in [0.2, 0.25) is 0 Å². The summed E-state index contributed by atoms with van der Waals surface area (Å²) in [6.45, 7) is 3.59. The third-order valence-electron chi connectivity index (χ3n) is 6.13. The molecule has 1 amide bonds. The molecule has 7 nitrogen and oxygen atoms in total. The first-order chi connectivity index (χ1) is 14.8. The largest absolute Gasteiger partial charge is 0.355 e. The van der Waals surface area contributed by atoms with Gasteiger partial charge in [0.1, 0.15) is 5.82 Å². The maximum Gasteiger partial charge on any atom is 0.223 e. The van der Waals surface area contributed by atoms with Crippen LogP contribution in [0.25, 0.3) is 10.2 Å². The van der Waals surface area contributed by atoms with Gasteiger partial charge in [-0.3, -0.25) is 9.78 Å². The molecule has 2 saturated heterocycles. The van der Waals surface area contributed by atoms with E-state index in [0.29, 0.717) is 0 Å². The molecule has 5 rings (SSSR count). The maximum atomic E-state index is 12.8. The lowest BCUT2D eigenvalue weighted by atomic mass is 9.94. The average molecular weight is 423 g/mol. The van der Waals surface area contributed by atoms with Crippen LogP contribution in [0, 0.1) is 5.92 Å². The van der Waals surface area contributed by atoms with Crippen LogP contribution in [0.15, 0.2) is 42.9 Å². The van der Waals surface area contributed by atoms with E-state index in [1.165, 1.54) is 4.70 Å². The molecule has 0 spiro atoms. The normalized spacial score (nSPS) is 18.7. The first-order valence-electron chi connectivity index (χ1n) is 10.7. The van der Waals surface area contributed by atoms with Gasteiger partial charge in [0.05, 0.1) is 16.4 Å². The quantitative estimate of drug-likeness (QED) is 0.697. The Kier molecular flexibility index (Phi) is 5.48. The molecule has 1 N–H and O–H groups in total. The van der Waals surface area contributed by atoms with E-state index >= 15 is 0 Å². The highest BCUT2D eigenvalue weighted by Gasteiger charge is 2.29. The molecule has 0 atom stereocenters. The third kappa shape index (κ3) is 4.09. The molecule has 3 aromatic rings. The molecule has 0 saturated carbocycles. The van der Waals surface area contributed by atoms with Crippen LogP contribution in [-0.2, 0) is 4.79 Å². The predicted octanol–water partition coefficient (Wildman–Crippen LogP) is 3.09. The number of benzene rings is 1. The minimum Gasteiger partial charge on any atom is -0.355 e. The molecule has 30 heavy (non-hydrogen) atoms. The second kappa shape index (κ2) is 8.55. The van der Waals surface area contributed by atoms with Gasteiger partial charge in [-0.25, -0.2) is 9.97 Å². The minimum atomic E-state index is 0.0974. The number of hydrogen-bond donors (Lipinski definition) is 1. The number of hydrogen-bond acceptors (Lipinski definition) is 7. The van der Waals surface area contributed by atoms with Crippen LogP contribution in [0.4, 0.5) is 10.9 Å². The fraction of sp³-hybridized carbons (Fsp3) is 0.455. The molecule has 2 fully saturated rings. The minimum absolute atomic E-state index is 0.0974. The van der Waals surface area contributed by atoms with Crippen LogP contribution >= 0.6 is 11.3 Å². The van der Waals surface area contributed by atoms with Crippen molar-refractivity contribution < 1.29 is 4.79 Å². The van der Waals surface area contributed by atoms with E-state index in [9.17, 15) is 4.79 Å². The van der Waals surface area contributed by atoms with Crippen molar-refractivity contribution in [2.75, 3.05) is 36.0 Å². The monoisotopic (exact) mass is 422 g/mol. The highest BCUT2D eigenvalue weighted by atomic mass is 32.1. The summed E-state index contributed by atoms with van der Waals surface area (Å²) >= 11 is 1.75. The zero-order chi connectivity index (χ0) is 20.3. The van der Waals surface area contributed by atoms with Crippen molar-refractivity contribution in [1.82, 2.24) is 20.3 Å². The molecule has 2 aromatic heterocycles. The van der Waals surface area contributed by atoms with Gasteiger partial charge in [0.15, 0.2) is 5.13 Å². The lowest BCUT2D eigenvalue weighted by molar-refractivity contribution is -0.126. The molecule has 0 radical (unpaired) electrons. The first-order valence-corrected chi connectivity index (χ1v) is 11.5. The number of anilines is 2. The van der Waals surface area contributed by atoms with Crippen molar-refractivity contribution in [2.45, 2.75) is 31.7 Å². The van der Waals surface area contributed by atoms with E-state index in [0.717, 1.165) is 68.3 Å². The second-order valence-electron chi connectivity index (χ2n) is 8.06. The van der Waals surface area contributed by atoms with Gasteiger partial charge in [0, 0.05) is 50.5 Å². The Bertz CT molecular complexity index is 960. The number of nitrogens with zero attached hydrogens (tertiary/aromatic N) is 5. The topological polar surface area (TPSA) is 74.2 Å². The number of piperidine rings is 2. The Balaban J connectivity index is 1.10. The fourth-order valence-electron chi connectivity index (χ4n) is 4.35. The number of rotatable bonds is 4. The molecule has 8 heteroatoms. The fourth-order valence-corrected chi connectivity index (χ4v) is 5.37. The van der Waals surface area contributed by atoms with Gasteiger partial charge >= 0.3 is 0 Å². The van der Waals surface area contributed by atoms with E-state index in [1.54, 1.807) is 29.9 Å². The van der Waals surface area contributed by atoms with Gasteiger partial charge in [-0.2, -0.15) is 0 Å². The number of para-hydroxylation sites is 1. The Hall–Kier alpha value is -2.74. The number of nitrogens with one attached hydrogen (secondary N) is 1. The zero-order valence-electron chi connectivity index (χ0n) is 16.9. The van der Waals surface area contributed by atoms with Crippen molar-refractivity contribution in [2.24, 2.45) is 5.92 Å². The van der Waals surface area contributed by atoms with E-state index in [4.69, 9.17) is 4.98 Å². The van der Waals surface area contributed by atoms with Crippen LogP contribution in [0.1, 0.15) is 25.7 Å². The summed E-state index contributed by atoms with van der Waals surface area (Å²) in [6, 6.07) is 8.55. The van der Waals surface area contributed by atoms with Crippen LogP contribution in [-0.4, -0.2) is 53.1 Å². The van der Waals surface area contributed by atoms with E-state index in [-0.39, 0.29) is 17.9 Å². The highest BCUT2D eigenvalue weighted by molar-refractivity contribution is 7.22. The number of carbonyl (C=O) groups excluding carboxylic acids is 1. The Morgan fingerprint density at radius 2 is 1.77 bits per heavy atom. The van der Waals surface area contributed by atoms with Crippen LogP contribution < -0.4 is 15.1 Å². The highest BCUT2D eigenvalue weighted by Crippen LogP contribution is 2.30. The van der Waals surface area contributed by atoms with Gasteiger partial charge in [0.2, 0.25) is 5.91 Å². The molecule has 0 bridgehead atoms. The maximum absolute atomic E-state index is 12.8. The summed E-state index contributed by atoms with van der Waals surface area (Å²) in [7, 11) is 0. The van der Waals surface area contributed by atoms with Crippen LogP contribution in [0.5, 0.6) is 0 Å². The van der Waals surface area contributed by atoms with Crippen LogP contribution in [0.3, 0.4) is 0 Å². The lowest BCUT2D eigenvalue weighted by Crippen LogP contribution is -2.48. The third-order valence-corrected chi connectivity index (χ3v) is 7.23. The average Bonchev–Trinajstić information content (AvgIpc) is 3.25. The molecule has 1 aromatic carbocycles. The van der Waals surface area contributed by atoms with Crippen molar-refractivity contribution in [1.29, 1.82) is 0 Å². The summed E-state index contributed by atoms with van der Waals surface area (Å²) in [5.41, 5.74) is 1.07. The smallest absolute Gasteiger partial charge is 0.223 e. The number of amides is 1. The Labute approximate surface area is 180 Å². The lowest BCUT2D eigenvalue weighted by Gasteiger charge is -2.35. The van der Waals surface area contributed by atoms with Crippen molar-refractivity contribution >= 4 is 38.4 Å². The predicted molar refractivity (Wildman–Crippen MR) is 120 cm³/mol. The molecular formula is C22H26N6OS. The Morgan fingerprint density at radius 3 is 2.50 bits per heavy atom. The number of thiazole rings is 1. The van der Waals surface area contributed by atoms with Gasteiger partial charge in [-0.1, -0.05) is 23.5 Å². The number of aromatic nitrogens is 3. The van der Waals surface area contributed by atoms with Crippen molar-refractivity contribution in [3.8, 4) is 0 Å². The summed E-state index contributed by atoms with van der Waals surface area (Å²) in [6.07, 6.45) is 8.88. The van der Waals surface area contributed by atoms with Crippen molar-refractivity contribution in [3.63, 3.8) is 0 Å².